The van der Waals surface area contributed by atoms with E-state index in [-0.39, 0.29) is 0 Å². The van der Waals surface area contributed by atoms with Crippen molar-refractivity contribution >= 4 is 11.4 Å². The minimum atomic E-state index is 0.444. The normalized spacial score (nSPS) is 15.6. The van der Waals surface area contributed by atoms with Gasteiger partial charge in [0, 0.05) is 30.9 Å². The molecule has 0 spiro atoms. The Bertz CT molecular complexity index is 408. The molecule has 0 radical (unpaired) electrons. The first-order chi connectivity index (χ1) is 7.85. The Morgan fingerprint density at radius 3 is 2.75 bits per heavy atom. The highest BCUT2D eigenvalue weighted by Crippen LogP contribution is 2.32. The zero-order valence-electron chi connectivity index (χ0n) is 9.22. The first-order valence-corrected chi connectivity index (χ1v) is 5.21. The number of methoxy groups -OCH3 is 1. The number of hydrogen-bond donors (Lipinski definition) is 0. The van der Waals surface area contributed by atoms with Gasteiger partial charge in [-0.2, -0.15) is 0 Å². The van der Waals surface area contributed by atoms with Crippen LogP contribution in [0.2, 0.25) is 0 Å². The van der Waals surface area contributed by atoms with Gasteiger partial charge in [0.25, 0.3) is 0 Å². The minimum absolute atomic E-state index is 0.444. The molecule has 1 saturated heterocycles. The van der Waals surface area contributed by atoms with Crippen LogP contribution in [-0.2, 0) is 4.74 Å². The van der Waals surface area contributed by atoms with Crippen molar-refractivity contribution in [2.24, 2.45) is 0 Å². The summed E-state index contributed by atoms with van der Waals surface area (Å²) >= 11 is 0. The maximum absolute atomic E-state index is 8.76. The summed E-state index contributed by atoms with van der Waals surface area (Å²) in [7, 11) is 1.56. The fourth-order valence-electron chi connectivity index (χ4n) is 1.77. The summed E-state index contributed by atoms with van der Waals surface area (Å²) < 4.78 is 10.4. The smallest absolute Gasteiger partial charge is 0.426 e. The van der Waals surface area contributed by atoms with Crippen molar-refractivity contribution in [3.63, 3.8) is 0 Å². The second-order valence-corrected chi connectivity index (χ2v) is 3.56. The quantitative estimate of drug-likeness (QED) is 0.715. The van der Waals surface area contributed by atoms with Crippen molar-refractivity contribution in [3.8, 4) is 5.75 Å². The van der Waals surface area contributed by atoms with Gasteiger partial charge in [0.15, 0.2) is 4.98 Å². The van der Waals surface area contributed by atoms with E-state index in [0.29, 0.717) is 11.4 Å². The molecule has 5 heteroatoms. The SMILES string of the molecule is COc1cc(N2CCOCC2)ccc1[N+]#N. The zero-order valence-corrected chi connectivity index (χ0v) is 9.22. The highest BCUT2D eigenvalue weighted by atomic mass is 16.5. The summed E-state index contributed by atoms with van der Waals surface area (Å²) in [6, 6.07) is 5.53. The van der Waals surface area contributed by atoms with Gasteiger partial charge in [0.2, 0.25) is 11.1 Å². The molecule has 0 unspecified atom stereocenters. The Hall–Kier alpha value is -1.80. The molecule has 1 heterocycles. The minimum Gasteiger partial charge on any atom is -0.489 e. The van der Waals surface area contributed by atoms with Gasteiger partial charge in [-0.1, -0.05) is 0 Å². The number of hydrogen-bond acceptors (Lipinski definition) is 4. The molecule has 2 rings (SSSR count). The number of benzene rings is 1. The summed E-state index contributed by atoms with van der Waals surface area (Å²) in [5, 5.41) is 8.76. The third-order valence-corrected chi connectivity index (χ3v) is 2.65. The van der Waals surface area contributed by atoms with E-state index in [9.17, 15) is 0 Å². The number of anilines is 1. The van der Waals surface area contributed by atoms with Crippen LogP contribution < -0.4 is 9.64 Å². The fraction of sp³-hybridized carbons (Fsp3) is 0.455. The molecule has 0 bridgehead atoms. The van der Waals surface area contributed by atoms with Crippen LogP contribution in [0.1, 0.15) is 0 Å². The second kappa shape index (κ2) is 4.81. The highest BCUT2D eigenvalue weighted by Gasteiger charge is 2.18. The zero-order chi connectivity index (χ0) is 11.4. The maximum Gasteiger partial charge on any atom is 0.426 e. The molecule has 0 N–H and O–H groups in total. The lowest BCUT2D eigenvalue weighted by atomic mass is 10.2. The standard InChI is InChI=1S/C11H14N3O2/c1-15-11-8-9(2-3-10(11)13-12)14-4-6-16-7-5-14/h2-3,8H,4-7H2,1H3/q+1. The monoisotopic (exact) mass is 220 g/mol. The van der Waals surface area contributed by atoms with Crippen LogP contribution in [0.4, 0.5) is 11.4 Å². The predicted octanol–water partition coefficient (Wildman–Crippen LogP) is 2.02. The van der Waals surface area contributed by atoms with Crippen molar-refractivity contribution in [2.75, 3.05) is 38.3 Å². The van der Waals surface area contributed by atoms with E-state index in [1.165, 1.54) is 0 Å². The Morgan fingerprint density at radius 2 is 2.12 bits per heavy atom. The average molecular weight is 220 g/mol. The van der Waals surface area contributed by atoms with Gasteiger partial charge >= 0.3 is 5.69 Å². The van der Waals surface area contributed by atoms with Crippen LogP contribution in [0.3, 0.4) is 0 Å². The Balaban J connectivity index is 2.25. The summed E-state index contributed by atoms with van der Waals surface area (Å²) in [4.78, 5) is 5.37. The van der Waals surface area contributed by atoms with Crippen LogP contribution >= 0.6 is 0 Å². The van der Waals surface area contributed by atoms with Gasteiger partial charge in [-0.25, -0.2) is 0 Å². The number of nitrogens with zero attached hydrogens (tertiary/aromatic N) is 3. The molecule has 0 aromatic heterocycles. The van der Waals surface area contributed by atoms with E-state index in [1.54, 1.807) is 13.2 Å². The Labute approximate surface area is 94.2 Å². The summed E-state index contributed by atoms with van der Waals surface area (Å²) in [5.41, 5.74) is 1.51. The molecule has 0 atom stereocenters. The van der Waals surface area contributed by atoms with Gasteiger partial charge in [-0.05, 0) is 6.07 Å². The van der Waals surface area contributed by atoms with Crippen LogP contribution in [0.15, 0.2) is 18.2 Å². The molecule has 1 fully saturated rings. The van der Waals surface area contributed by atoms with E-state index in [4.69, 9.17) is 14.9 Å². The van der Waals surface area contributed by atoms with Crippen molar-refractivity contribution < 1.29 is 9.47 Å². The first kappa shape index (κ1) is 10.7. The van der Waals surface area contributed by atoms with Crippen molar-refractivity contribution in [1.82, 2.24) is 0 Å². The van der Waals surface area contributed by atoms with Gasteiger partial charge in [0.05, 0.1) is 20.3 Å². The van der Waals surface area contributed by atoms with Gasteiger partial charge in [0.1, 0.15) is 0 Å². The molecule has 84 valence electrons. The number of morpholine rings is 1. The molecule has 1 aliphatic rings. The van der Waals surface area contributed by atoms with Gasteiger partial charge < -0.3 is 14.4 Å². The lowest BCUT2D eigenvalue weighted by Crippen LogP contribution is -2.36. The summed E-state index contributed by atoms with van der Waals surface area (Å²) in [6.45, 7) is 3.24. The average Bonchev–Trinajstić information content (AvgIpc) is 2.39. The second-order valence-electron chi connectivity index (χ2n) is 3.56. The first-order valence-electron chi connectivity index (χ1n) is 5.21. The Kier molecular flexibility index (Phi) is 3.22. The van der Waals surface area contributed by atoms with Crippen molar-refractivity contribution in [3.05, 3.63) is 23.2 Å². The predicted molar refractivity (Wildman–Crippen MR) is 60.8 cm³/mol. The van der Waals surface area contributed by atoms with Gasteiger partial charge in [-0.15, -0.1) is 0 Å². The van der Waals surface area contributed by atoms with Crippen LogP contribution in [0, 0.1) is 5.39 Å². The molecule has 1 aliphatic heterocycles. The lowest BCUT2D eigenvalue weighted by molar-refractivity contribution is 0.122. The molecule has 16 heavy (non-hydrogen) atoms. The molecule has 0 saturated carbocycles. The molecule has 1 aromatic carbocycles. The third-order valence-electron chi connectivity index (χ3n) is 2.65. The third kappa shape index (κ3) is 2.07. The van der Waals surface area contributed by atoms with Crippen LogP contribution in [-0.4, -0.2) is 33.4 Å². The van der Waals surface area contributed by atoms with E-state index in [0.717, 1.165) is 32.0 Å². The van der Waals surface area contributed by atoms with Crippen molar-refractivity contribution in [1.29, 1.82) is 5.39 Å². The summed E-state index contributed by atoms with van der Waals surface area (Å²) in [5.74, 6) is 0.575. The molecular formula is C11H14N3O2+. The number of ether oxygens (including phenoxy) is 2. The summed E-state index contributed by atoms with van der Waals surface area (Å²) in [6.07, 6.45) is 0. The Morgan fingerprint density at radius 1 is 1.38 bits per heavy atom. The van der Waals surface area contributed by atoms with Crippen LogP contribution in [0.25, 0.3) is 4.98 Å². The number of diazo groups is 1. The molecule has 0 amide bonds. The van der Waals surface area contributed by atoms with Gasteiger partial charge in [-0.3, -0.25) is 0 Å². The topological polar surface area (TPSA) is 49.9 Å². The molecule has 1 aromatic rings. The van der Waals surface area contributed by atoms with E-state index in [1.807, 2.05) is 12.1 Å². The largest absolute Gasteiger partial charge is 0.489 e. The maximum atomic E-state index is 8.76. The van der Waals surface area contributed by atoms with Crippen LogP contribution in [0.5, 0.6) is 5.75 Å². The highest BCUT2D eigenvalue weighted by molar-refractivity contribution is 5.65. The lowest BCUT2D eigenvalue weighted by Gasteiger charge is -2.28. The molecular weight excluding hydrogens is 206 g/mol. The van der Waals surface area contributed by atoms with Crippen molar-refractivity contribution in [2.45, 2.75) is 0 Å². The number of rotatable bonds is 2. The van der Waals surface area contributed by atoms with E-state index in [2.05, 4.69) is 9.88 Å². The van der Waals surface area contributed by atoms with E-state index < -0.39 is 0 Å². The fourth-order valence-corrected chi connectivity index (χ4v) is 1.77. The molecule has 5 nitrogen and oxygen atoms in total. The molecule has 0 aliphatic carbocycles. The van der Waals surface area contributed by atoms with E-state index >= 15 is 0 Å².